The van der Waals surface area contributed by atoms with E-state index in [-0.39, 0.29) is 23.4 Å². The molecule has 1 aromatic rings. The highest BCUT2D eigenvalue weighted by atomic mass is 16.1. The Morgan fingerprint density at radius 2 is 1.26 bits per heavy atom. The van der Waals surface area contributed by atoms with Gasteiger partial charge in [0.2, 0.25) is 0 Å². The van der Waals surface area contributed by atoms with Crippen LogP contribution in [-0.4, -0.2) is 11.6 Å². The third-order valence-electron chi connectivity index (χ3n) is 5.23. The van der Waals surface area contributed by atoms with E-state index in [1.165, 1.54) is 0 Å². The van der Waals surface area contributed by atoms with E-state index in [1.807, 2.05) is 26.0 Å². The van der Waals surface area contributed by atoms with Crippen LogP contribution in [0.4, 0.5) is 0 Å². The van der Waals surface area contributed by atoms with E-state index in [2.05, 4.69) is 12.2 Å². The lowest BCUT2D eigenvalue weighted by molar-refractivity contribution is 0.0720. The van der Waals surface area contributed by atoms with Gasteiger partial charge in [0.1, 0.15) is 0 Å². The summed E-state index contributed by atoms with van der Waals surface area (Å²) >= 11 is 0. The quantitative estimate of drug-likeness (QED) is 0.665. The number of carbonyl (C=O) groups excluding carboxylic acids is 2. The van der Waals surface area contributed by atoms with Crippen molar-refractivity contribution in [2.45, 2.75) is 20.3 Å². The fraction of sp³-hybridized carbons (Fsp3) is 0.412. The summed E-state index contributed by atoms with van der Waals surface area (Å²) in [7, 11) is 0. The predicted molar refractivity (Wildman–Crippen MR) is 72.3 cm³/mol. The average molecular weight is 252 g/mol. The van der Waals surface area contributed by atoms with E-state index >= 15 is 0 Å². The molecule has 1 saturated carbocycles. The highest BCUT2D eigenvalue weighted by Gasteiger charge is 2.54. The lowest BCUT2D eigenvalue weighted by Crippen LogP contribution is -2.39. The van der Waals surface area contributed by atoms with Crippen LogP contribution in [0.1, 0.15) is 38.3 Å². The molecule has 4 unspecified atom stereocenters. The third-order valence-corrected chi connectivity index (χ3v) is 5.23. The van der Waals surface area contributed by atoms with Gasteiger partial charge in [-0.3, -0.25) is 9.59 Å². The maximum Gasteiger partial charge on any atom is 0.168 e. The highest BCUT2D eigenvalue weighted by molar-refractivity contribution is 6.17. The zero-order chi connectivity index (χ0) is 13.3. The first-order valence-corrected chi connectivity index (χ1v) is 6.96. The number of carbonyl (C=O) groups is 2. The fourth-order valence-corrected chi connectivity index (χ4v) is 4.12. The van der Waals surface area contributed by atoms with E-state index < -0.39 is 0 Å². The van der Waals surface area contributed by atoms with Crippen LogP contribution in [0, 0.1) is 37.5 Å². The second-order valence-corrected chi connectivity index (χ2v) is 6.21. The van der Waals surface area contributed by atoms with Gasteiger partial charge in [-0.15, -0.1) is 0 Å². The minimum absolute atomic E-state index is 0.0860. The van der Waals surface area contributed by atoms with Crippen molar-refractivity contribution < 1.29 is 9.59 Å². The Balaban J connectivity index is 1.94. The Labute approximate surface area is 112 Å². The Bertz CT molecular complexity index is 598. The molecule has 4 atom stereocenters. The first-order chi connectivity index (χ1) is 9.08. The van der Waals surface area contributed by atoms with Gasteiger partial charge in [0.05, 0.1) is 0 Å². The maximum absolute atomic E-state index is 12.7. The molecule has 2 bridgehead atoms. The van der Waals surface area contributed by atoms with E-state index in [9.17, 15) is 9.59 Å². The van der Waals surface area contributed by atoms with Gasteiger partial charge < -0.3 is 0 Å². The van der Waals surface area contributed by atoms with Crippen molar-refractivity contribution in [1.82, 2.24) is 0 Å². The largest absolute Gasteiger partial charge is 0.294 e. The number of rotatable bonds is 0. The molecule has 2 heteroatoms. The normalized spacial score (nSPS) is 34.6. The minimum atomic E-state index is -0.0860. The number of hydrogen-bond donors (Lipinski definition) is 0. The molecular weight excluding hydrogens is 236 g/mol. The van der Waals surface area contributed by atoms with Crippen molar-refractivity contribution >= 4 is 11.6 Å². The standard InChI is InChI=1S/C17H16O2/c1-8-5-12-13(6-9(8)2)17(19)15-11-4-3-10(7-11)14(15)16(12)18/h3-6,10-11,14-15H,7H2,1-2H3. The zero-order valence-electron chi connectivity index (χ0n) is 11.1. The summed E-state index contributed by atoms with van der Waals surface area (Å²) in [4.78, 5) is 25.4. The molecule has 0 N–H and O–H groups in total. The van der Waals surface area contributed by atoms with Gasteiger partial charge in [-0.25, -0.2) is 0 Å². The Morgan fingerprint density at radius 3 is 1.68 bits per heavy atom. The molecule has 3 aliphatic carbocycles. The first-order valence-electron chi connectivity index (χ1n) is 6.96. The summed E-state index contributed by atoms with van der Waals surface area (Å²) in [5, 5.41) is 0. The second kappa shape index (κ2) is 3.44. The SMILES string of the molecule is Cc1cc2c(cc1C)C(=O)C1C3C=CC(C3)C1C2=O. The fourth-order valence-electron chi connectivity index (χ4n) is 4.12. The van der Waals surface area contributed by atoms with Gasteiger partial charge in [0, 0.05) is 23.0 Å². The Hall–Kier alpha value is -1.70. The average Bonchev–Trinajstić information content (AvgIpc) is 2.99. The molecule has 0 radical (unpaired) electrons. The number of ketones is 2. The van der Waals surface area contributed by atoms with Crippen LogP contribution in [0.3, 0.4) is 0 Å². The van der Waals surface area contributed by atoms with Crippen LogP contribution in [0.2, 0.25) is 0 Å². The van der Waals surface area contributed by atoms with Crippen molar-refractivity contribution in [3.63, 3.8) is 0 Å². The molecular formula is C17H16O2. The summed E-state index contributed by atoms with van der Waals surface area (Å²) in [6.07, 6.45) is 5.27. The molecule has 0 aliphatic heterocycles. The molecule has 0 amide bonds. The Kier molecular flexibility index (Phi) is 2.02. The summed E-state index contributed by atoms with van der Waals surface area (Å²) in [5.74, 6) is 0.802. The number of fused-ring (bicyclic) bond motifs is 6. The second-order valence-electron chi connectivity index (χ2n) is 6.21. The molecule has 0 spiro atoms. The first kappa shape index (κ1) is 11.2. The van der Waals surface area contributed by atoms with Gasteiger partial charge in [-0.05, 0) is 55.4 Å². The van der Waals surface area contributed by atoms with Crippen molar-refractivity contribution in [2.24, 2.45) is 23.7 Å². The van der Waals surface area contributed by atoms with E-state index in [4.69, 9.17) is 0 Å². The van der Waals surface area contributed by atoms with E-state index in [1.54, 1.807) is 0 Å². The summed E-state index contributed by atoms with van der Waals surface area (Å²) in [6.45, 7) is 4.00. The molecule has 1 fully saturated rings. The number of hydrogen-bond acceptors (Lipinski definition) is 2. The number of Topliss-reactive ketones (excluding diaryl/α,β-unsaturated/α-hetero) is 2. The molecule has 0 heterocycles. The van der Waals surface area contributed by atoms with Crippen molar-refractivity contribution in [3.8, 4) is 0 Å². The van der Waals surface area contributed by atoms with Crippen LogP contribution in [0.5, 0.6) is 0 Å². The van der Waals surface area contributed by atoms with Gasteiger partial charge in [0.15, 0.2) is 11.6 Å². The number of aryl methyl sites for hydroxylation is 2. The molecule has 19 heavy (non-hydrogen) atoms. The summed E-state index contributed by atoms with van der Waals surface area (Å²) in [6, 6.07) is 3.83. The van der Waals surface area contributed by atoms with Crippen molar-refractivity contribution in [3.05, 3.63) is 46.5 Å². The van der Waals surface area contributed by atoms with E-state index in [0.29, 0.717) is 23.0 Å². The van der Waals surface area contributed by atoms with E-state index in [0.717, 1.165) is 17.5 Å². The van der Waals surface area contributed by atoms with Crippen LogP contribution in [0.25, 0.3) is 0 Å². The van der Waals surface area contributed by atoms with Gasteiger partial charge in [0.25, 0.3) is 0 Å². The molecule has 0 aromatic heterocycles. The van der Waals surface area contributed by atoms with Crippen LogP contribution in [-0.2, 0) is 0 Å². The van der Waals surface area contributed by atoms with Crippen LogP contribution >= 0.6 is 0 Å². The van der Waals surface area contributed by atoms with Crippen molar-refractivity contribution in [2.75, 3.05) is 0 Å². The monoisotopic (exact) mass is 252 g/mol. The molecule has 2 nitrogen and oxygen atoms in total. The van der Waals surface area contributed by atoms with Crippen molar-refractivity contribution in [1.29, 1.82) is 0 Å². The minimum Gasteiger partial charge on any atom is -0.294 e. The van der Waals surface area contributed by atoms with Gasteiger partial charge >= 0.3 is 0 Å². The lowest BCUT2D eigenvalue weighted by Gasteiger charge is -2.31. The number of allylic oxidation sites excluding steroid dienone is 2. The highest BCUT2D eigenvalue weighted by Crippen LogP contribution is 2.52. The number of benzene rings is 1. The Morgan fingerprint density at radius 1 is 0.842 bits per heavy atom. The summed E-state index contributed by atoms with van der Waals surface area (Å²) in [5.41, 5.74) is 3.51. The molecule has 4 rings (SSSR count). The molecule has 3 aliphatic rings. The third kappa shape index (κ3) is 1.27. The van der Waals surface area contributed by atoms with Crippen LogP contribution in [0.15, 0.2) is 24.3 Å². The zero-order valence-corrected chi connectivity index (χ0v) is 11.1. The topological polar surface area (TPSA) is 34.1 Å². The molecule has 0 saturated heterocycles. The smallest absolute Gasteiger partial charge is 0.168 e. The lowest BCUT2D eigenvalue weighted by atomic mass is 9.69. The molecule has 96 valence electrons. The maximum atomic E-state index is 12.7. The predicted octanol–water partition coefficient (Wildman–Crippen LogP) is 3.12. The molecule has 1 aromatic carbocycles. The van der Waals surface area contributed by atoms with Crippen LogP contribution < -0.4 is 0 Å². The van der Waals surface area contributed by atoms with Gasteiger partial charge in [-0.2, -0.15) is 0 Å². The summed E-state index contributed by atoms with van der Waals surface area (Å²) < 4.78 is 0. The van der Waals surface area contributed by atoms with Gasteiger partial charge in [-0.1, -0.05) is 12.2 Å².